The summed E-state index contributed by atoms with van der Waals surface area (Å²) < 4.78 is 11.1. The molecule has 0 aromatic rings. The lowest BCUT2D eigenvalue weighted by Crippen LogP contribution is -2.25. The molecule has 2 atom stereocenters. The summed E-state index contributed by atoms with van der Waals surface area (Å²) in [7, 11) is 1.24. The van der Waals surface area contributed by atoms with Crippen molar-refractivity contribution in [2.75, 3.05) is 19.8 Å². The topological polar surface area (TPSA) is 18.5 Å². The van der Waals surface area contributed by atoms with Gasteiger partial charge in [-0.2, -0.15) is 0 Å². The van der Waals surface area contributed by atoms with Gasteiger partial charge in [-0.05, 0) is 38.1 Å². The second kappa shape index (κ2) is 6.57. The van der Waals surface area contributed by atoms with Crippen molar-refractivity contribution in [2.45, 2.75) is 44.3 Å². The van der Waals surface area contributed by atoms with Crippen LogP contribution in [0.5, 0.6) is 0 Å². The minimum absolute atomic E-state index is 0.556. The molecule has 0 aromatic carbocycles. The van der Waals surface area contributed by atoms with E-state index >= 15 is 0 Å². The zero-order chi connectivity index (χ0) is 9.52. The summed E-state index contributed by atoms with van der Waals surface area (Å²) >= 11 is 0. The molecule has 0 saturated carbocycles. The summed E-state index contributed by atoms with van der Waals surface area (Å²) in [4.78, 5) is 0. The van der Waals surface area contributed by atoms with Gasteiger partial charge in [0.1, 0.15) is 0 Å². The first-order valence-corrected chi connectivity index (χ1v) is 6.69. The summed E-state index contributed by atoms with van der Waals surface area (Å²) in [5.41, 5.74) is 0.798. The quantitative estimate of drug-likeness (QED) is 0.492. The third-order valence-corrected chi connectivity index (χ3v) is 4.09. The fourth-order valence-electron chi connectivity index (χ4n) is 1.81. The van der Waals surface area contributed by atoms with E-state index in [-0.39, 0.29) is 0 Å². The molecule has 0 N–H and O–H groups in total. The van der Waals surface area contributed by atoms with Crippen LogP contribution in [0.1, 0.15) is 32.6 Å². The van der Waals surface area contributed by atoms with E-state index in [0.717, 1.165) is 25.4 Å². The molecule has 0 radical (unpaired) electrons. The van der Waals surface area contributed by atoms with E-state index < -0.39 is 0 Å². The van der Waals surface area contributed by atoms with Crippen molar-refractivity contribution >= 4 is 10.2 Å². The van der Waals surface area contributed by atoms with Crippen molar-refractivity contribution in [1.82, 2.24) is 0 Å². The van der Waals surface area contributed by atoms with Crippen molar-refractivity contribution < 1.29 is 9.47 Å². The first-order chi connectivity index (χ1) is 6.34. The monoisotopic (exact) mass is 202 g/mol. The minimum Gasteiger partial charge on any atom is -0.382 e. The average molecular weight is 202 g/mol. The van der Waals surface area contributed by atoms with Gasteiger partial charge >= 0.3 is 0 Å². The third kappa shape index (κ3) is 4.25. The van der Waals surface area contributed by atoms with Gasteiger partial charge in [-0.25, -0.2) is 0 Å². The highest BCUT2D eigenvalue weighted by Crippen LogP contribution is 2.24. The van der Waals surface area contributed by atoms with Crippen LogP contribution in [0.4, 0.5) is 0 Å². The molecule has 1 saturated heterocycles. The van der Waals surface area contributed by atoms with Crippen LogP contribution in [0.25, 0.3) is 0 Å². The van der Waals surface area contributed by atoms with Crippen molar-refractivity contribution in [3.8, 4) is 0 Å². The molecule has 1 aliphatic heterocycles. The normalized spacial score (nSPS) is 26.1. The van der Waals surface area contributed by atoms with Gasteiger partial charge in [0.2, 0.25) is 0 Å². The van der Waals surface area contributed by atoms with Gasteiger partial charge in [-0.15, -0.1) is 0 Å². The highest BCUT2D eigenvalue weighted by Gasteiger charge is 2.20. The molecule has 1 rings (SSSR count). The van der Waals surface area contributed by atoms with Crippen LogP contribution in [0, 0.1) is 0 Å². The number of hydrogen-bond acceptors (Lipinski definition) is 2. The van der Waals surface area contributed by atoms with Crippen molar-refractivity contribution in [2.24, 2.45) is 0 Å². The number of ether oxygens (including phenoxy) is 2. The van der Waals surface area contributed by atoms with Gasteiger partial charge < -0.3 is 9.47 Å². The molecule has 78 valence electrons. The maximum atomic E-state index is 5.75. The first-order valence-electron chi connectivity index (χ1n) is 5.54. The highest BCUT2D eigenvalue weighted by atomic mass is 28.1. The van der Waals surface area contributed by atoms with Gasteiger partial charge in [0, 0.05) is 30.1 Å². The Kier molecular flexibility index (Phi) is 5.67. The Morgan fingerprint density at radius 2 is 2.38 bits per heavy atom. The third-order valence-electron chi connectivity index (χ3n) is 2.77. The molecule has 0 spiro atoms. The van der Waals surface area contributed by atoms with E-state index in [4.69, 9.17) is 9.47 Å². The highest BCUT2D eigenvalue weighted by molar-refractivity contribution is 6.12. The van der Waals surface area contributed by atoms with Crippen molar-refractivity contribution in [3.05, 3.63) is 0 Å². The molecule has 1 fully saturated rings. The predicted octanol–water partition coefficient (Wildman–Crippen LogP) is 1.14. The molecule has 1 aliphatic rings. The molecule has 0 aliphatic carbocycles. The molecule has 13 heavy (non-hydrogen) atoms. The van der Waals surface area contributed by atoms with Gasteiger partial charge in [0.25, 0.3) is 0 Å². The fraction of sp³-hybridized carbons (Fsp3) is 1.00. The van der Waals surface area contributed by atoms with Gasteiger partial charge in [0.15, 0.2) is 0 Å². The van der Waals surface area contributed by atoms with Crippen LogP contribution < -0.4 is 0 Å². The molecule has 0 amide bonds. The summed E-state index contributed by atoms with van der Waals surface area (Å²) in [5.74, 6) is 0. The molecule has 0 bridgehead atoms. The maximum absolute atomic E-state index is 5.75. The molecule has 3 heteroatoms. The van der Waals surface area contributed by atoms with E-state index in [0.29, 0.717) is 6.10 Å². The van der Waals surface area contributed by atoms with Crippen molar-refractivity contribution in [1.29, 1.82) is 0 Å². The summed E-state index contributed by atoms with van der Waals surface area (Å²) in [6.07, 6.45) is 5.65. The summed E-state index contributed by atoms with van der Waals surface area (Å²) in [6.45, 7) is 4.81. The van der Waals surface area contributed by atoms with Crippen LogP contribution in [-0.4, -0.2) is 36.2 Å². The zero-order valence-electron chi connectivity index (χ0n) is 8.92. The van der Waals surface area contributed by atoms with E-state index in [9.17, 15) is 0 Å². The largest absolute Gasteiger partial charge is 0.382 e. The van der Waals surface area contributed by atoms with E-state index in [1.54, 1.807) is 0 Å². The van der Waals surface area contributed by atoms with E-state index in [1.807, 2.05) is 0 Å². The second-order valence-electron chi connectivity index (χ2n) is 3.87. The Morgan fingerprint density at radius 3 is 3.00 bits per heavy atom. The van der Waals surface area contributed by atoms with Crippen LogP contribution in [0.2, 0.25) is 5.54 Å². The average Bonchev–Trinajstić information content (AvgIpc) is 2.19. The maximum Gasteiger partial charge on any atom is 0.0572 e. The van der Waals surface area contributed by atoms with Crippen LogP contribution in [0.15, 0.2) is 0 Å². The van der Waals surface area contributed by atoms with Crippen molar-refractivity contribution in [3.63, 3.8) is 0 Å². The molecule has 0 aromatic heterocycles. The molecule has 1 heterocycles. The number of hydrogen-bond donors (Lipinski definition) is 0. The van der Waals surface area contributed by atoms with Gasteiger partial charge in [0.05, 0.1) is 6.10 Å². The lowest BCUT2D eigenvalue weighted by Gasteiger charge is -2.28. The van der Waals surface area contributed by atoms with Crippen LogP contribution in [0.3, 0.4) is 0 Å². The Hall–Kier alpha value is 0.137. The molecule has 2 unspecified atom stereocenters. The lowest BCUT2D eigenvalue weighted by molar-refractivity contribution is 0.00586. The van der Waals surface area contributed by atoms with Gasteiger partial charge in [-0.1, -0.05) is 0 Å². The van der Waals surface area contributed by atoms with E-state index in [2.05, 4.69) is 6.92 Å². The predicted molar refractivity (Wildman–Crippen MR) is 58.4 cm³/mol. The zero-order valence-corrected chi connectivity index (χ0v) is 10.9. The Labute approximate surface area is 84.4 Å². The second-order valence-corrected chi connectivity index (χ2v) is 5.35. The van der Waals surface area contributed by atoms with Gasteiger partial charge in [-0.3, -0.25) is 0 Å². The Bertz CT molecular complexity index is 124. The SMILES string of the molecule is CCOCCC([SiH3])C1CCCCO1. The summed E-state index contributed by atoms with van der Waals surface area (Å²) in [6, 6.07) is 0. The smallest absolute Gasteiger partial charge is 0.0572 e. The minimum atomic E-state index is 0.556. The standard InChI is InChI=1S/C10H22O2Si/c1-2-11-8-6-10(13)9-5-3-4-7-12-9/h9-10H,2-8H2,1,13H3. The van der Waals surface area contributed by atoms with Crippen LogP contribution in [-0.2, 0) is 9.47 Å². The fourth-order valence-corrected chi connectivity index (χ4v) is 2.58. The molecule has 2 nitrogen and oxygen atoms in total. The van der Waals surface area contributed by atoms with E-state index in [1.165, 1.54) is 35.9 Å². The number of rotatable bonds is 5. The van der Waals surface area contributed by atoms with Crippen LogP contribution >= 0.6 is 0 Å². The first kappa shape index (κ1) is 11.2. The Morgan fingerprint density at radius 1 is 1.54 bits per heavy atom. The molecular weight excluding hydrogens is 180 g/mol. The Balaban J connectivity index is 2.09. The lowest BCUT2D eigenvalue weighted by atomic mass is 10.0. The molecular formula is C10H22O2Si. The summed E-state index contributed by atoms with van der Waals surface area (Å²) in [5, 5.41) is 0.